The van der Waals surface area contributed by atoms with Crippen molar-refractivity contribution < 1.29 is 18.8 Å². The van der Waals surface area contributed by atoms with Gasteiger partial charge in [0.2, 0.25) is 7.29 Å². The average molecular weight is 447 g/mol. The van der Waals surface area contributed by atoms with Gasteiger partial charge >= 0.3 is 5.97 Å². The summed E-state index contributed by atoms with van der Waals surface area (Å²) in [6.07, 6.45) is 1.84. The second kappa shape index (κ2) is 9.56. The van der Waals surface area contributed by atoms with Crippen molar-refractivity contribution in [1.82, 2.24) is 4.67 Å². The molecule has 0 fully saturated rings. The van der Waals surface area contributed by atoms with Gasteiger partial charge in [-0.3, -0.25) is 4.57 Å². The number of ether oxygens (including phenoxy) is 2. The normalized spacial score (nSPS) is 16.4. The maximum atomic E-state index is 15.0. The third-order valence-electron chi connectivity index (χ3n) is 5.61. The standard InChI is InChI=1S/C26H26NO4P/c1-3-31-26(28)24-18-19-27(25(24)20-14-16-21(30-2)17-15-20)32(29,22-10-6-4-7-11-22)23-12-8-5-9-13-23/h4-18,25H,3,19H2,1-2H3. The number of carbonyl (C=O) groups excluding carboxylic acids is 1. The predicted octanol–water partition coefficient (Wildman–Crippen LogP) is 4.47. The molecule has 32 heavy (non-hydrogen) atoms. The molecular formula is C26H26NO4P. The van der Waals surface area contributed by atoms with E-state index in [1.54, 1.807) is 14.0 Å². The van der Waals surface area contributed by atoms with Crippen molar-refractivity contribution >= 4 is 23.9 Å². The lowest BCUT2D eigenvalue weighted by atomic mass is 10.0. The van der Waals surface area contributed by atoms with Gasteiger partial charge in [0.25, 0.3) is 0 Å². The summed E-state index contributed by atoms with van der Waals surface area (Å²) < 4.78 is 27.6. The van der Waals surface area contributed by atoms with E-state index in [0.29, 0.717) is 17.9 Å². The average Bonchev–Trinajstić information content (AvgIpc) is 3.31. The number of benzene rings is 3. The van der Waals surface area contributed by atoms with E-state index in [4.69, 9.17) is 9.47 Å². The van der Waals surface area contributed by atoms with Gasteiger partial charge < -0.3 is 9.47 Å². The number of hydrogen-bond acceptors (Lipinski definition) is 4. The van der Waals surface area contributed by atoms with Crippen LogP contribution < -0.4 is 15.3 Å². The fourth-order valence-electron chi connectivity index (χ4n) is 4.10. The van der Waals surface area contributed by atoms with E-state index in [-0.39, 0.29) is 12.6 Å². The lowest BCUT2D eigenvalue weighted by Crippen LogP contribution is -2.34. The Morgan fingerprint density at radius 1 is 0.938 bits per heavy atom. The maximum Gasteiger partial charge on any atom is 0.335 e. The molecule has 0 bridgehead atoms. The molecule has 0 saturated carbocycles. The van der Waals surface area contributed by atoms with Crippen molar-refractivity contribution in [2.45, 2.75) is 13.0 Å². The van der Waals surface area contributed by atoms with Crippen LogP contribution in [0.5, 0.6) is 5.75 Å². The van der Waals surface area contributed by atoms with E-state index in [9.17, 15) is 9.36 Å². The van der Waals surface area contributed by atoms with E-state index in [2.05, 4.69) is 0 Å². The molecule has 0 spiro atoms. The first-order valence-corrected chi connectivity index (χ1v) is 12.2. The van der Waals surface area contributed by atoms with Crippen LogP contribution in [0.25, 0.3) is 0 Å². The first-order valence-electron chi connectivity index (χ1n) is 10.6. The van der Waals surface area contributed by atoms with E-state index in [0.717, 1.165) is 16.2 Å². The van der Waals surface area contributed by atoms with Gasteiger partial charge in [-0.05, 0) is 48.9 Å². The van der Waals surface area contributed by atoms with Gasteiger partial charge in [0, 0.05) is 17.2 Å². The van der Waals surface area contributed by atoms with E-state index in [1.807, 2.05) is 95.7 Å². The largest absolute Gasteiger partial charge is 0.497 e. The lowest BCUT2D eigenvalue weighted by molar-refractivity contribution is -0.138. The van der Waals surface area contributed by atoms with Crippen LogP contribution in [-0.4, -0.2) is 30.9 Å². The van der Waals surface area contributed by atoms with Crippen LogP contribution in [0.4, 0.5) is 0 Å². The van der Waals surface area contributed by atoms with Crippen molar-refractivity contribution in [2.24, 2.45) is 0 Å². The smallest absolute Gasteiger partial charge is 0.335 e. The molecular weight excluding hydrogens is 421 g/mol. The first kappa shape index (κ1) is 22.1. The predicted molar refractivity (Wildman–Crippen MR) is 127 cm³/mol. The van der Waals surface area contributed by atoms with Gasteiger partial charge in [-0.15, -0.1) is 0 Å². The van der Waals surface area contributed by atoms with Gasteiger partial charge in [-0.2, -0.15) is 0 Å². The number of esters is 1. The summed E-state index contributed by atoms with van der Waals surface area (Å²) in [6.45, 7) is 2.43. The van der Waals surface area contributed by atoms with Crippen molar-refractivity contribution in [3.63, 3.8) is 0 Å². The minimum atomic E-state index is -3.27. The summed E-state index contributed by atoms with van der Waals surface area (Å²) in [7, 11) is -1.65. The van der Waals surface area contributed by atoms with Crippen molar-refractivity contribution in [3.05, 3.63) is 102 Å². The van der Waals surface area contributed by atoms with Crippen molar-refractivity contribution in [1.29, 1.82) is 0 Å². The van der Waals surface area contributed by atoms with Gasteiger partial charge in [-0.1, -0.05) is 54.6 Å². The fourth-order valence-corrected chi connectivity index (χ4v) is 7.04. The molecule has 164 valence electrons. The monoisotopic (exact) mass is 447 g/mol. The third kappa shape index (κ3) is 4.02. The van der Waals surface area contributed by atoms with Crippen LogP contribution >= 0.6 is 7.29 Å². The molecule has 3 aromatic rings. The van der Waals surface area contributed by atoms with Crippen molar-refractivity contribution in [3.8, 4) is 5.75 Å². The fraction of sp³-hybridized carbons (Fsp3) is 0.192. The Morgan fingerprint density at radius 2 is 1.50 bits per heavy atom. The van der Waals surface area contributed by atoms with Crippen LogP contribution in [0.1, 0.15) is 18.5 Å². The summed E-state index contributed by atoms with van der Waals surface area (Å²) in [4.78, 5) is 12.9. The molecule has 1 heterocycles. The summed E-state index contributed by atoms with van der Waals surface area (Å²) >= 11 is 0. The number of carbonyl (C=O) groups is 1. The molecule has 0 saturated heterocycles. The Balaban J connectivity index is 1.87. The Kier molecular flexibility index (Phi) is 6.59. The highest BCUT2D eigenvalue weighted by Gasteiger charge is 2.45. The Labute approximate surface area is 188 Å². The highest BCUT2D eigenvalue weighted by molar-refractivity contribution is 7.76. The molecule has 0 amide bonds. The molecule has 1 atom stereocenters. The van der Waals surface area contributed by atoms with Crippen LogP contribution in [0.3, 0.4) is 0 Å². The molecule has 1 unspecified atom stereocenters. The third-order valence-corrected chi connectivity index (χ3v) is 8.72. The Morgan fingerprint density at radius 3 is 2.00 bits per heavy atom. The molecule has 3 aromatic carbocycles. The highest BCUT2D eigenvalue weighted by atomic mass is 31.2. The zero-order valence-electron chi connectivity index (χ0n) is 18.2. The molecule has 1 aliphatic heterocycles. The molecule has 6 heteroatoms. The summed E-state index contributed by atoms with van der Waals surface area (Å²) in [5.41, 5.74) is 1.36. The van der Waals surface area contributed by atoms with Gasteiger partial charge in [0.05, 0.1) is 25.3 Å². The summed E-state index contributed by atoms with van der Waals surface area (Å²) in [5, 5.41) is 1.45. The SMILES string of the molecule is CCOC(=O)C1=CCN(P(=O)(c2ccccc2)c2ccccc2)C1c1ccc(OC)cc1. The van der Waals surface area contributed by atoms with Gasteiger partial charge in [-0.25, -0.2) is 9.46 Å². The van der Waals surface area contributed by atoms with Crippen LogP contribution in [0.15, 0.2) is 96.6 Å². The highest BCUT2D eigenvalue weighted by Crippen LogP contribution is 2.55. The topological polar surface area (TPSA) is 55.8 Å². The zero-order chi connectivity index (χ0) is 22.6. The molecule has 4 rings (SSSR count). The second-order valence-electron chi connectivity index (χ2n) is 7.42. The molecule has 5 nitrogen and oxygen atoms in total. The van der Waals surface area contributed by atoms with E-state index in [1.165, 1.54) is 0 Å². The van der Waals surface area contributed by atoms with Gasteiger partial charge in [0.1, 0.15) is 5.75 Å². The van der Waals surface area contributed by atoms with Crippen LogP contribution in [0, 0.1) is 0 Å². The lowest BCUT2D eigenvalue weighted by Gasteiger charge is -2.35. The minimum Gasteiger partial charge on any atom is -0.497 e. The van der Waals surface area contributed by atoms with Crippen LogP contribution in [0.2, 0.25) is 0 Å². The van der Waals surface area contributed by atoms with Gasteiger partial charge in [0.15, 0.2) is 0 Å². The molecule has 0 N–H and O–H groups in total. The number of hydrogen-bond donors (Lipinski definition) is 0. The second-order valence-corrected chi connectivity index (χ2v) is 10.1. The zero-order valence-corrected chi connectivity index (χ0v) is 19.1. The first-order chi connectivity index (χ1) is 15.6. The van der Waals surface area contributed by atoms with Crippen LogP contribution in [-0.2, 0) is 14.1 Å². The Hall–Kier alpha value is -3.14. The number of nitrogens with zero attached hydrogens (tertiary/aromatic N) is 1. The van der Waals surface area contributed by atoms with E-state index >= 15 is 0 Å². The quantitative estimate of drug-likeness (QED) is 0.395. The number of rotatable bonds is 7. The van der Waals surface area contributed by atoms with E-state index < -0.39 is 13.3 Å². The molecule has 1 aliphatic rings. The van der Waals surface area contributed by atoms with Crippen molar-refractivity contribution in [2.75, 3.05) is 20.3 Å². The molecule has 0 aromatic heterocycles. The summed E-state index contributed by atoms with van der Waals surface area (Å²) in [6, 6.07) is 26.0. The molecule has 0 aliphatic carbocycles. The molecule has 0 radical (unpaired) electrons. The maximum absolute atomic E-state index is 15.0. The Bertz CT molecular complexity index is 1100. The minimum absolute atomic E-state index is 0.278. The summed E-state index contributed by atoms with van der Waals surface area (Å²) in [5.74, 6) is 0.331. The number of methoxy groups -OCH3 is 1.